The number of nitriles is 1. The minimum absolute atomic E-state index is 0.171. The van der Waals surface area contributed by atoms with Crippen LogP contribution >= 0.6 is 34.8 Å². The molecule has 0 unspecified atom stereocenters. The number of rotatable bonds is 7. The first kappa shape index (κ1) is 29.5. The third-order valence-corrected chi connectivity index (χ3v) is 9.31. The largest absolute Gasteiger partial charge is 0.463 e. The number of furan rings is 1. The van der Waals surface area contributed by atoms with Crippen LogP contribution in [0.15, 0.2) is 47.6 Å². The average Bonchev–Trinajstić information content (AvgIpc) is 3.66. The monoisotopic (exact) mass is 638 g/mol. The fraction of sp³-hybridized carbons (Fsp3) is 0.355. The summed E-state index contributed by atoms with van der Waals surface area (Å²) in [5.74, 6) is 0.405. The van der Waals surface area contributed by atoms with Crippen LogP contribution in [-0.2, 0) is 4.79 Å². The topological polar surface area (TPSA) is 98.7 Å². The number of aromatic nitrogens is 2. The Morgan fingerprint density at radius 1 is 1.19 bits per heavy atom. The molecule has 2 saturated heterocycles. The summed E-state index contributed by atoms with van der Waals surface area (Å²) in [5, 5.41) is 12.2. The third-order valence-electron chi connectivity index (χ3n) is 8.29. The molecule has 0 aliphatic carbocycles. The highest BCUT2D eigenvalue weighted by atomic mass is 35.5. The predicted octanol–water partition coefficient (Wildman–Crippen LogP) is 6.59. The molecule has 2 aromatic heterocycles. The molecule has 9 nitrogen and oxygen atoms in total. The number of fused-ring (bicyclic) bond motifs is 3. The van der Waals surface area contributed by atoms with Crippen LogP contribution in [0.3, 0.4) is 0 Å². The average molecular weight is 640 g/mol. The molecule has 4 aromatic rings. The summed E-state index contributed by atoms with van der Waals surface area (Å²) in [6.07, 6.45) is 5.22. The Balaban J connectivity index is 1.51. The number of nitrogens with zero attached hydrogens (tertiary/aromatic N) is 6. The second-order valence-corrected chi connectivity index (χ2v) is 12.1. The summed E-state index contributed by atoms with van der Waals surface area (Å²) in [6, 6.07) is 9.53. The third kappa shape index (κ3) is 5.61. The first-order valence-electron chi connectivity index (χ1n) is 14.0. The normalized spacial score (nSPS) is 19.2. The molecular weight excluding hydrogens is 611 g/mol. The molecule has 1 amide bonds. The van der Waals surface area contributed by atoms with Gasteiger partial charge in [0.15, 0.2) is 0 Å². The molecule has 0 N–H and O–H groups in total. The number of carbonyl (C=O) groups is 1. The molecule has 2 aliphatic heterocycles. The summed E-state index contributed by atoms with van der Waals surface area (Å²) in [7, 11) is 2.09. The van der Waals surface area contributed by atoms with E-state index >= 15 is 0 Å². The van der Waals surface area contributed by atoms with Crippen LogP contribution < -0.4 is 9.64 Å². The molecule has 0 radical (unpaired) electrons. The van der Waals surface area contributed by atoms with E-state index in [1.165, 1.54) is 6.08 Å². The lowest BCUT2D eigenvalue weighted by atomic mass is 9.99. The summed E-state index contributed by atoms with van der Waals surface area (Å²) in [6.45, 7) is 6.38. The number of carbonyl (C=O) groups excluding carboxylic acids is 1. The van der Waals surface area contributed by atoms with Crippen LogP contribution in [0.2, 0.25) is 15.1 Å². The maximum atomic E-state index is 12.6. The van der Waals surface area contributed by atoms with Crippen molar-refractivity contribution in [2.45, 2.75) is 31.3 Å². The number of hydrogen-bond acceptors (Lipinski definition) is 8. The van der Waals surface area contributed by atoms with Crippen molar-refractivity contribution in [2.24, 2.45) is 0 Å². The van der Waals surface area contributed by atoms with Gasteiger partial charge in [0.1, 0.15) is 18.0 Å². The molecule has 2 aromatic carbocycles. The van der Waals surface area contributed by atoms with E-state index in [1.807, 2.05) is 12.1 Å². The van der Waals surface area contributed by atoms with Crippen molar-refractivity contribution >= 4 is 68.4 Å². The molecule has 0 spiro atoms. The van der Waals surface area contributed by atoms with Crippen molar-refractivity contribution in [3.05, 3.63) is 58.3 Å². The molecule has 0 bridgehead atoms. The molecule has 43 heavy (non-hydrogen) atoms. The number of anilines is 1. The summed E-state index contributed by atoms with van der Waals surface area (Å²) in [5.41, 5.74) is 2.55. The fourth-order valence-corrected chi connectivity index (χ4v) is 6.76. The van der Waals surface area contributed by atoms with Gasteiger partial charge in [-0.05, 0) is 62.3 Å². The second kappa shape index (κ2) is 12.2. The predicted molar refractivity (Wildman–Crippen MR) is 169 cm³/mol. The molecular formula is C31H29Cl3N6O3. The number of benzene rings is 2. The van der Waals surface area contributed by atoms with E-state index in [9.17, 15) is 10.1 Å². The van der Waals surface area contributed by atoms with E-state index in [1.54, 1.807) is 23.3 Å². The van der Waals surface area contributed by atoms with Crippen molar-refractivity contribution < 1.29 is 13.9 Å². The van der Waals surface area contributed by atoms with Crippen LogP contribution in [0.1, 0.15) is 19.3 Å². The summed E-state index contributed by atoms with van der Waals surface area (Å²) >= 11 is 19.5. The smallest absolute Gasteiger partial charge is 0.319 e. The second-order valence-electron chi connectivity index (χ2n) is 10.8. The van der Waals surface area contributed by atoms with Crippen molar-refractivity contribution in [1.82, 2.24) is 19.8 Å². The number of piperazine rings is 1. The highest BCUT2D eigenvalue weighted by Gasteiger charge is 2.32. The zero-order valence-corrected chi connectivity index (χ0v) is 25.8. The Labute approximate surface area is 264 Å². The molecule has 2 atom stereocenters. The minimum Gasteiger partial charge on any atom is -0.463 e. The van der Waals surface area contributed by atoms with E-state index in [-0.39, 0.29) is 30.4 Å². The Bertz CT molecular complexity index is 1770. The quantitative estimate of drug-likeness (QED) is 0.165. The van der Waals surface area contributed by atoms with Crippen LogP contribution in [0, 0.1) is 11.3 Å². The van der Waals surface area contributed by atoms with Crippen molar-refractivity contribution in [1.29, 1.82) is 5.26 Å². The van der Waals surface area contributed by atoms with Gasteiger partial charge in [-0.15, -0.1) is 0 Å². The van der Waals surface area contributed by atoms with Gasteiger partial charge in [-0.1, -0.05) is 41.4 Å². The van der Waals surface area contributed by atoms with Crippen molar-refractivity contribution in [3.8, 4) is 23.2 Å². The molecule has 2 aliphatic rings. The van der Waals surface area contributed by atoms with Crippen LogP contribution in [0.25, 0.3) is 33.0 Å². The van der Waals surface area contributed by atoms with Gasteiger partial charge < -0.3 is 23.9 Å². The van der Waals surface area contributed by atoms with Crippen LogP contribution in [0.4, 0.5) is 5.82 Å². The lowest BCUT2D eigenvalue weighted by Gasteiger charge is -2.41. The Morgan fingerprint density at radius 2 is 2.02 bits per heavy atom. The molecule has 6 rings (SSSR count). The van der Waals surface area contributed by atoms with Gasteiger partial charge in [-0.3, -0.25) is 4.79 Å². The number of halogens is 3. The highest BCUT2D eigenvalue weighted by Crippen LogP contribution is 2.44. The van der Waals surface area contributed by atoms with Crippen LogP contribution in [-0.4, -0.2) is 77.6 Å². The number of likely N-dealkylation sites (N-methyl/N-ethyl adjacent to an activating group) is 1. The van der Waals surface area contributed by atoms with E-state index in [4.69, 9.17) is 53.9 Å². The zero-order chi connectivity index (χ0) is 30.2. The summed E-state index contributed by atoms with van der Waals surface area (Å²) < 4.78 is 12.3. The number of hydrogen-bond donors (Lipinski definition) is 0. The van der Waals surface area contributed by atoms with Gasteiger partial charge in [0, 0.05) is 41.6 Å². The molecule has 222 valence electrons. The first-order chi connectivity index (χ1) is 20.8. The number of likely N-dealkylation sites (tertiary alicyclic amines) is 1. The molecule has 2 fully saturated rings. The maximum Gasteiger partial charge on any atom is 0.319 e. The molecule has 0 saturated carbocycles. The molecule has 4 heterocycles. The van der Waals surface area contributed by atoms with E-state index in [2.05, 4.69) is 29.5 Å². The Hall–Kier alpha value is -3.55. The standard InChI is InChI=1S/C31H29Cl3N6O3/c1-3-26(41)40-11-10-39(16-19(40)6-8-35)30-27-25(36-31(37-30)43-17-20-5-4-9-38(20)2)15-22(21-7-12-42-29(21)27)23-13-18(32)14-24(33)28(23)34/h3,7,12-15,19-20H,1,4-6,9-11,16-17H2,2H3/t19-,20-/m0/s1. The lowest BCUT2D eigenvalue weighted by Crippen LogP contribution is -2.55. The summed E-state index contributed by atoms with van der Waals surface area (Å²) in [4.78, 5) is 28.4. The van der Waals surface area contributed by atoms with Gasteiger partial charge in [0.2, 0.25) is 5.91 Å². The van der Waals surface area contributed by atoms with E-state index < -0.39 is 0 Å². The maximum absolute atomic E-state index is 12.6. The van der Waals surface area contributed by atoms with Gasteiger partial charge >= 0.3 is 6.01 Å². The van der Waals surface area contributed by atoms with Crippen LogP contribution in [0.5, 0.6) is 6.01 Å². The van der Waals surface area contributed by atoms with E-state index in [0.29, 0.717) is 69.2 Å². The van der Waals surface area contributed by atoms with Gasteiger partial charge in [-0.2, -0.15) is 15.2 Å². The molecule has 12 heteroatoms. The van der Waals surface area contributed by atoms with Gasteiger partial charge in [0.25, 0.3) is 0 Å². The number of ether oxygens (including phenoxy) is 1. The lowest BCUT2D eigenvalue weighted by molar-refractivity contribution is -0.128. The van der Waals surface area contributed by atoms with E-state index in [0.717, 1.165) is 30.3 Å². The van der Waals surface area contributed by atoms with Gasteiger partial charge in [-0.25, -0.2) is 0 Å². The number of amides is 1. The first-order valence-corrected chi connectivity index (χ1v) is 15.2. The zero-order valence-electron chi connectivity index (χ0n) is 23.5. The van der Waals surface area contributed by atoms with Crippen molar-refractivity contribution in [3.63, 3.8) is 0 Å². The fourth-order valence-electron chi connectivity index (χ4n) is 6.06. The minimum atomic E-state index is -0.343. The highest BCUT2D eigenvalue weighted by molar-refractivity contribution is 6.45. The Morgan fingerprint density at radius 3 is 2.77 bits per heavy atom. The van der Waals surface area contributed by atoms with Gasteiger partial charge in [0.05, 0.1) is 45.7 Å². The Kier molecular flexibility index (Phi) is 8.38. The SMILES string of the molecule is C=CC(=O)N1CCN(c2nc(OC[C@@H]3CCCN3C)nc3cc(-c4cc(Cl)cc(Cl)c4Cl)c4ccoc4c23)C[C@@H]1CC#N. The van der Waals surface area contributed by atoms with Crippen molar-refractivity contribution in [2.75, 3.05) is 44.7 Å².